The van der Waals surface area contributed by atoms with Crippen molar-refractivity contribution in [1.82, 2.24) is 9.97 Å². The predicted molar refractivity (Wildman–Crippen MR) is 49.2 cm³/mol. The number of carboxylic acid groups (broad SMARTS) is 1. The molecule has 0 bridgehead atoms. The number of aromatic nitrogens is 2. The minimum atomic E-state index is -1.09. The van der Waals surface area contributed by atoms with Crippen LogP contribution < -0.4 is 5.32 Å². The molecule has 0 aliphatic rings. The third kappa shape index (κ3) is 2.98. The molecule has 0 amide bonds. The Labute approximate surface area is 80.6 Å². The largest absolute Gasteiger partial charge is 0.477 e. The van der Waals surface area contributed by atoms with E-state index in [1.54, 1.807) is 0 Å². The van der Waals surface area contributed by atoms with Gasteiger partial charge in [0, 0.05) is 19.2 Å². The van der Waals surface area contributed by atoms with Crippen LogP contribution in [0.4, 0.5) is 5.82 Å². The second kappa shape index (κ2) is 5.13. The third-order valence-corrected chi connectivity index (χ3v) is 1.53. The Morgan fingerprint density at radius 2 is 2.29 bits per heavy atom. The van der Waals surface area contributed by atoms with Gasteiger partial charge in [-0.25, -0.2) is 14.8 Å². The van der Waals surface area contributed by atoms with Crippen molar-refractivity contribution in [3.8, 4) is 0 Å². The summed E-state index contributed by atoms with van der Waals surface area (Å²) in [5.74, 6) is -0.636. The van der Waals surface area contributed by atoms with Gasteiger partial charge < -0.3 is 15.5 Å². The number of aliphatic hydroxyl groups excluding tert-OH is 1. The fraction of sp³-hybridized carbons (Fsp3) is 0.375. The van der Waals surface area contributed by atoms with Gasteiger partial charge in [0.05, 0.1) is 0 Å². The molecule has 1 aromatic rings. The molecular formula is C8H11N3O3. The van der Waals surface area contributed by atoms with E-state index >= 15 is 0 Å². The van der Waals surface area contributed by atoms with Gasteiger partial charge >= 0.3 is 5.97 Å². The molecule has 0 spiro atoms. The topological polar surface area (TPSA) is 95.3 Å². The standard InChI is InChI=1S/C8H11N3O3/c12-3-1-2-9-7-4-6(8(13)14)10-5-11-7/h4-5,12H,1-3H2,(H,13,14)(H,9,10,11). The first kappa shape index (κ1) is 10.4. The van der Waals surface area contributed by atoms with E-state index in [0.717, 1.165) is 0 Å². The maximum Gasteiger partial charge on any atom is 0.354 e. The second-order valence-electron chi connectivity index (χ2n) is 2.60. The van der Waals surface area contributed by atoms with Crippen molar-refractivity contribution in [2.45, 2.75) is 6.42 Å². The normalized spacial score (nSPS) is 9.79. The molecule has 76 valence electrons. The summed E-state index contributed by atoms with van der Waals surface area (Å²) in [6.07, 6.45) is 1.77. The number of carbonyl (C=O) groups is 1. The molecule has 14 heavy (non-hydrogen) atoms. The van der Waals surface area contributed by atoms with Crippen molar-refractivity contribution in [2.75, 3.05) is 18.5 Å². The van der Waals surface area contributed by atoms with Crippen molar-refractivity contribution in [3.63, 3.8) is 0 Å². The van der Waals surface area contributed by atoms with Crippen LogP contribution in [0.15, 0.2) is 12.4 Å². The van der Waals surface area contributed by atoms with Crippen LogP contribution in [0.3, 0.4) is 0 Å². The monoisotopic (exact) mass is 197 g/mol. The molecule has 6 nitrogen and oxygen atoms in total. The van der Waals surface area contributed by atoms with Gasteiger partial charge in [-0.15, -0.1) is 0 Å². The van der Waals surface area contributed by atoms with E-state index < -0.39 is 5.97 Å². The molecule has 0 aliphatic carbocycles. The van der Waals surface area contributed by atoms with E-state index in [4.69, 9.17) is 10.2 Å². The van der Waals surface area contributed by atoms with Crippen LogP contribution in [0.25, 0.3) is 0 Å². The highest BCUT2D eigenvalue weighted by Crippen LogP contribution is 2.03. The number of nitrogens with one attached hydrogen (secondary N) is 1. The first-order chi connectivity index (χ1) is 6.74. The van der Waals surface area contributed by atoms with E-state index in [2.05, 4.69) is 15.3 Å². The van der Waals surface area contributed by atoms with Crippen LogP contribution in [0, 0.1) is 0 Å². The van der Waals surface area contributed by atoms with Crippen LogP contribution in [-0.2, 0) is 0 Å². The smallest absolute Gasteiger partial charge is 0.354 e. The number of aliphatic hydroxyl groups is 1. The Morgan fingerprint density at radius 1 is 1.50 bits per heavy atom. The van der Waals surface area contributed by atoms with Gasteiger partial charge in [-0.05, 0) is 6.42 Å². The van der Waals surface area contributed by atoms with Gasteiger partial charge in [-0.2, -0.15) is 0 Å². The number of carboxylic acids is 1. The average molecular weight is 197 g/mol. The van der Waals surface area contributed by atoms with Crippen molar-refractivity contribution < 1.29 is 15.0 Å². The molecule has 1 heterocycles. The molecule has 1 rings (SSSR count). The van der Waals surface area contributed by atoms with Gasteiger partial charge in [0.1, 0.15) is 12.1 Å². The molecule has 0 atom stereocenters. The van der Waals surface area contributed by atoms with Crippen LogP contribution >= 0.6 is 0 Å². The SMILES string of the molecule is O=C(O)c1cc(NCCCO)ncn1. The van der Waals surface area contributed by atoms with Crippen molar-refractivity contribution in [2.24, 2.45) is 0 Å². The van der Waals surface area contributed by atoms with E-state index in [0.29, 0.717) is 18.8 Å². The Hall–Kier alpha value is -1.69. The molecular weight excluding hydrogens is 186 g/mol. The van der Waals surface area contributed by atoms with Crippen LogP contribution in [0.1, 0.15) is 16.9 Å². The van der Waals surface area contributed by atoms with Crippen LogP contribution in [0.5, 0.6) is 0 Å². The number of aromatic carboxylic acids is 1. The zero-order valence-electron chi connectivity index (χ0n) is 7.47. The lowest BCUT2D eigenvalue weighted by molar-refractivity contribution is 0.0690. The number of hydrogen-bond donors (Lipinski definition) is 3. The molecule has 0 saturated heterocycles. The number of hydrogen-bond acceptors (Lipinski definition) is 5. The van der Waals surface area contributed by atoms with Gasteiger partial charge in [0.25, 0.3) is 0 Å². The summed E-state index contributed by atoms with van der Waals surface area (Å²) in [5, 5.41) is 20.0. The zero-order chi connectivity index (χ0) is 10.4. The summed E-state index contributed by atoms with van der Waals surface area (Å²) in [7, 11) is 0. The highest BCUT2D eigenvalue weighted by molar-refractivity contribution is 5.85. The Morgan fingerprint density at radius 3 is 2.93 bits per heavy atom. The van der Waals surface area contributed by atoms with Crippen LogP contribution in [0.2, 0.25) is 0 Å². The molecule has 1 aromatic heterocycles. The van der Waals surface area contributed by atoms with Crippen LogP contribution in [-0.4, -0.2) is 39.3 Å². The summed E-state index contributed by atoms with van der Waals surface area (Å²) in [4.78, 5) is 17.9. The van der Waals surface area contributed by atoms with Gasteiger partial charge in [-0.3, -0.25) is 0 Å². The van der Waals surface area contributed by atoms with E-state index in [-0.39, 0.29) is 12.3 Å². The van der Waals surface area contributed by atoms with Crippen molar-refractivity contribution in [3.05, 3.63) is 18.1 Å². The Kier molecular flexibility index (Phi) is 3.81. The summed E-state index contributed by atoms with van der Waals surface area (Å²) < 4.78 is 0. The average Bonchev–Trinajstić information content (AvgIpc) is 2.19. The summed E-state index contributed by atoms with van der Waals surface area (Å²) in [5.41, 5.74) is -0.0495. The van der Waals surface area contributed by atoms with Gasteiger partial charge in [0.15, 0.2) is 5.69 Å². The maximum atomic E-state index is 10.5. The second-order valence-corrected chi connectivity index (χ2v) is 2.60. The Bertz CT molecular complexity index is 316. The van der Waals surface area contributed by atoms with Crippen molar-refractivity contribution in [1.29, 1.82) is 0 Å². The summed E-state index contributed by atoms with van der Waals surface area (Å²) >= 11 is 0. The predicted octanol–water partition coefficient (Wildman–Crippen LogP) is -0.0309. The lowest BCUT2D eigenvalue weighted by Crippen LogP contribution is -2.07. The lowest BCUT2D eigenvalue weighted by atomic mass is 10.4. The van der Waals surface area contributed by atoms with Gasteiger partial charge in [0.2, 0.25) is 0 Å². The summed E-state index contributed by atoms with van der Waals surface area (Å²) in [6, 6.07) is 1.35. The molecule has 0 aliphatic heterocycles. The van der Waals surface area contributed by atoms with E-state index in [1.807, 2.05) is 0 Å². The molecule has 0 fully saturated rings. The minimum Gasteiger partial charge on any atom is -0.477 e. The Balaban J connectivity index is 2.59. The number of anilines is 1. The fourth-order valence-electron chi connectivity index (χ4n) is 0.866. The number of nitrogens with zero attached hydrogens (tertiary/aromatic N) is 2. The molecule has 0 saturated carbocycles. The molecule has 3 N–H and O–H groups in total. The van der Waals surface area contributed by atoms with Crippen molar-refractivity contribution >= 4 is 11.8 Å². The molecule has 0 radical (unpaired) electrons. The quantitative estimate of drug-likeness (QED) is 0.574. The van der Waals surface area contributed by atoms with E-state index in [9.17, 15) is 4.79 Å². The molecule has 0 unspecified atom stereocenters. The zero-order valence-corrected chi connectivity index (χ0v) is 7.47. The van der Waals surface area contributed by atoms with E-state index in [1.165, 1.54) is 12.4 Å². The minimum absolute atomic E-state index is 0.0495. The number of rotatable bonds is 5. The maximum absolute atomic E-state index is 10.5. The fourth-order valence-corrected chi connectivity index (χ4v) is 0.866. The highest BCUT2D eigenvalue weighted by Gasteiger charge is 2.04. The molecule has 6 heteroatoms. The first-order valence-electron chi connectivity index (χ1n) is 4.14. The molecule has 0 aromatic carbocycles. The summed E-state index contributed by atoms with van der Waals surface area (Å²) in [6.45, 7) is 0.635. The first-order valence-corrected chi connectivity index (χ1v) is 4.14. The highest BCUT2D eigenvalue weighted by atomic mass is 16.4. The third-order valence-electron chi connectivity index (χ3n) is 1.53. The lowest BCUT2D eigenvalue weighted by Gasteiger charge is -2.03. The van der Waals surface area contributed by atoms with Gasteiger partial charge in [-0.1, -0.05) is 0 Å².